The molecule has 5 nitrogen and oxygen atoms in total. The summed E-state index contributed by atoms with van der Waals surface area (Å²) in [7, 11) is 1.38. The number of aliphatic hydroxyl groups is 1. The molecule has 2 atom stereocenters. The van der Waals surface area contributed by atoms with Crippen LogP contribution in [-0.2, 0) is 17.8 Å². The second kappa shape index (κ2) is 8.33. The molecule has 2 aromatic rings. The Bertz CT molecular complexity index is 832. The van der Waals surface area contributed by atoms with Crippen molar-refractivity contribution in [2.75, 3.05) is 7.11 Å². The first-order valence-electron chi connectivity index (χ1n) is 10.0. The van der Waals surface area contributed by atoms with Gasteiger partial charge in [-0.2, -0.15) is 0 Å². The highest BCUT2D eigenvalue weighted by molar-refractivity contribution is 5.94. The van der Waals surface area contributed by atoms with Gasteiger partial charge in [-0.3, -0.25) is 0 Å². The number of methoxy groups -OCH3 is 1. The summed E-state index contributed by atoms with van der Waals surface area (Å²) < 4.78 is 11.0. The average molecular weight is 381 g/mol. The Morgan fingerprint density at radius 2 is 1.93 bits per heavy atom. The molecule has 1 saturated carbocycles. The predicted octanol–water partition coefficient (Wildman–Crippen LogP) is 3.54. The van der Waals surface area contributed by atoms with Gasteiger partial charge in [0.25, 0.3) is 0 Å². The summed E-state index contributed by atoms with van der Waals surface area (Å²) in [5.74, 6) is 0.0876. The Morgan fingerprint density at radius 3 is 2.61 bits per heavy atom. The van der Waals surface area contributed by atoms with Crippen molar-refractivity contribution in [3.05, 3.63) is 64.7 Å². The Hall–Kier alpha value is -2.37. The van der Waals surface area contributed by atoms with E-state index in [2.05, 4.69) is 5.32 Å². The summed E-state index contributed by atoms with van der Waals surface area (Å²) in [6.45, 7) is 0.373. The minimum absolute atomic E-state index is 0.0272. The lowest BCUT2D eigenvalue weighted by atomic mass is 9.81. The second-order valence-electron chi connectivity index (χ2n) is 7.66. The highest BCUT2D eigenvalue weighted by Crippen LogP contribution is 2.37. The van der Waals surface area contributed by atoms with Crippen LogP contribution in [0.2, 0.25) is 0 Å². The molecule has 0 amide bonds. The first kappa shape index (κ1) is 19.0. The second-order valence-corrected chi connectivity index (χ2v) is 7.66. The van der Waals surface area contributed by atoms with Gasteiger partial charge in [0.1, 0.15) is 17.9 Å². The van der Waals surface area contributed by atoms with Gasteiger partial charge in [-0.25, -0.2) is 4.79 Å². The van der Waals surface area contributed by atoms with E-state index in [0.29, 0.717) is 30.4 Å². The topological polar surface area (TPSA) is 67.8 Å². The van der Waals surface area contributed by atoms with E-state index in [1.54, 1.807) is 6.07 Å². The molecule has 0 bridgehead atoms. The van der Waals surface area contributed by atoms with Crippen molar-refractivity contribution in [2.45, 2.75) is 56.9 Å². The molecular formula is C23H27NO4. The fourth-order valence-corrected chi connectivity index (χ4v) is 4.10. The molecule has 28 heavy (non-hydrogen) atoms. The number of ether oxygens (including phenoxy) is 2. The van der Waals surface area contributed by atoms with Crippen LogP contribution < -0.4 is 10.1 Å². The van der Waals surface area contributed by atoms with Crippen LogP contribution in [0.4, 0.5) is 0 Å². The molecule has 0 aromatic heterocycles. The molecule has 0 spiro atoms. The maximum Gasteiger partial charge on any atom is 0.341 e. The van der Waals surface area contributed by atoms with E-state index in [9.17, 15) is 9.90 Å². The molecule has 2 aliphatic rings. The number of fused-ring (bicyclic) bond motifs is 1. The van der Waals surface area contributed by atoms with E-state index in [0.717, 1.165) is 23.1 Å². The highest BCUT2D eigenvalue weighted by Gasteiger charge is 2.34. The first-order chi connectivity index (χ1) is 13.7. The van der Waals surface area contributed by atoms with Crippen LogP contribution in [0.5, 0.6) is 5.75 Å². The normalized spacial score (nSPS) is 21.5. The summed E-state index contributed by atoms with van der Waals surface area (Å²) in [5.41, 5.74) is 3.12. The summed E-state index contributed by atoms with van der Waals surface area (Å²) in [4.78, 5) is 12.5. The van der Waals surface area contributed by atoms with Gasteiger partial charge in [0, 0.05) is 12.1 Å². The number of aliphatic hydroxyl groups excluding tert-OH is 1. The third-order valence-electron chi connectivity index (χ3n) is 5.90. The number of esters is 1. The molecule has 2 aromatic carbocycles. The van der Waals surface area contributed by atoms with Crippen molar-refractivity contribution in [3.8, 4) is 5.75 Å². The van der Waals surface area contributed by atoms with Gasteiger partial charge in [-0.05, 0) is 48.4 Å². The third-order valence-corrected chi connectivity index (χ3v) is 5.90. The number of carbonyl (C=O) groups excluding carboxylic acids is 1. The number of hydrogen-bond acceptors (Lipinski definition) is 5. The molecule has 1 fully saturated rings. The first-order valence-corrected chi connectivity index (χ1v) is 10.0. The van der Waals surface area contributed by atoms with Gasteiger partial charge >= 0.3 is 5.97 Å². The molecule has 2 aliphatic carbocycles. The average Bonchev–Trinajstić information content (AvgIpc) is 2.70. The molecule has 148 valence electrons. The summed E-state index contributed by atoms with van der Waals surface area (Å²) >= 11 is 0. The zero-order valence-corrected chi connectivity index (χ0v) is 16.2. The zero-order chi connectivity index (χ0) is 19.5. The summed E-state index contributed by atoms with van der Waals surface area (Å²) in [5, 5.41) is 14.5. The van der Waals surface area contributed by atoms with Gasteiger partial charge in [0.2, 0.25) is 0 Å². The van der Waals surface area contributed by atoms with Crippen molar-refractivity contribution in [1.29, 1.82) is 0 Å². The lowest BCUT2D eigenvalue weighted by Gasteiger charge is -2.37. The minimum atomic E-state index is -0.629. The van der Waals surface area contributed by atoms with E-state index in [4.69, 9.17) is 9.47 Å². The van der Waals surface area contributed by atoms with Crippen molar-refractivity contribution < 1.29 is 19.4 Å². The largest absolute Gasteiger partial charge is 0.488 e. The van der Waals surface area contributed by atoms with Crippen molar-refractivity contribution in [2.24, 2.45) is 0 Å². The molecule has 4 rings (SSSR count). The fraction of sp³-hybridized carbons (Fsp3) is 0.435. The van der Waals surface area contributed by atoms with E-state index in [-0.39, 0.29) is 6.04 Å². The number of benzene rings is 2. The Labute approximate surface area is 165 Å². The Balaban J connectivity index is 1.59. The van der Waals surface area contributed by atoms with Crippen LogP contribution in [0, 0.1) is 0 Å². The van der Waals surface area contributed by atoms with Crippen molar-refractivity contribution in [3.63, 3.8) is 0 Å². The highest BCUT2D eigenvalue weighted by atomic mass is 16.5. The number of carbonyl (C=O) groups is 1. The lowest BCUT2D eigenvalue weighted by Crippen LogP contribution is -2.47. The fourth-order valence-electron chi connectivity index (χ4n) is 4.10. The van der Waals surface area contributed by atoms with Gasteiger partial charge < -0.3 is 19.9 Å². The smallest absolute Gasteiger partial charge is 0.341 e. The SMILES string of the molecule is COC(=O)c1c(OCc2ccccc2)ccc2c1CC[C@H](NC1CCC1)[C@H]2O. The number of hydrogen-bond donors (Lipinski definition) is 2. The van der Waals surface area contributed by atoms with E-state index < -0.39 is 12.1 Å². The maximum atomic E-state index is 12.5. The molecule has 0 unspecified atom stereocenters. The third kappa shape index (κ3) is 3.77. The molecule has 0 saturated heterocycles. The molecule has 5 heteroatoms. The van der Waals surface area contributed by atoms with Crippen LogP contribution >= 0.6 is 0 Å². The maximum absolute atomic E-state index is 12.5. The van der Waals surface area contributed by atoms with Crippen molar-refractivity contribution in [1.82, 2.24) is 5.32 Å². The quantitative estimate of drug-likeness (QED) is 0.749. The van der Waals surface area contributed by atoms with E-state index >= 15 is 0 Å². The molecule has 0 radical (unpaired) electrons. The van der Waals surface area contributed by atoms with Gasteiger partial charge in [-0.15, -0.1) is 0 Å². The summed E-state index contributed by atoms with van der Waals surface area (Å²) in [6, 6.07) is 14.0. The van der Waals surface area contributed by atoms with E-state index in [1.165, 1.54) is 26.4 Å². The van der Waals surface area contributed by atoms with Gasteiger partial charge in [0.05, 0.1) is 13.2 Å². The monoisotopic (exact) mass is 381 g/mol. The zero-order valence-electron chi connectivity index (χ0n) is 16.2. The van der Waals surface area contributed by atoms with Gasteiger partial charge in [-0.1, -0.05) is 42.8 Å². The molecular weight excluding hydrogens is 354 g/mol. The lowest BCUT2D eigenvalue weighted by molar-refractivity contribution is 0.0590. The Morgan fingerprint density at radius 1 is 1.14 bits per heavy atom. The van der Waals surface area contributed by atoms with Crippen LogP contribution in [-0.4, -0.2) is 30.3 Å². The van der Waals surface area contributed by atoms with Crippen molar-refractivity contribution >= 4 is 5.97 Å². The molecule has 2 N–H and O–H groups in total. The molecule has 0 heterocycles. The summed E-state index contributed by atoms with van der Waals surface area (Å²) in [6.07, 6.45) is 4.48. The van der Waals surface area contributed by atoms with Crippen LogP contribution in [0.3, 0.4) is 0 Å². The van der Waals surface area contributed by atoms with Crippen LogP contribution in [0.25, 0.3) is 0 Å². The van der Waals surface area contributed by atoms with E-state index in [1.807, 2.05) is 36.4 Å². The number of nitrogens with one attached hydrogen (secondary N) is 1. The number of rotatable bonds is 6. The molecule has 0 aliphatic heterocycles. The minimum Gasteiger partial charge on any atom is -0.488 e. The van der Waals surface area contributed by atoms with Gasteiger partial charge in [0.15, 0.2) is 0 Å². The van der Waals surface area contributed by atoms with Crippen LogP contribution in [0.15, 0.2) is 42.5 Å². The predicted molar refractivity (Wildman–Crippen MR) is 106 cm³/mol. The standard InChI is InChI=1S/C23H27NO4/c1-27-23(26)21-17-10-12-19(24-16-8-5-9-16)22(25)18(17)11-13-20(21)28-14-15-6-3-2-4-7-15/h2-4,6-7,11,13,16,19,22,24-25H,5,8-10,12,14H2,1H3/t19-,22-/m0/s1. The Kier molecular flexibility index (Phi) is 5.64. The van der Waals surface area contributed by atoms with Crippen LogP contribution in [0.1, 0.15) is 58.8 Å².